The van der Waals surface area contributed by atoms with Gasteiger partial charge in [-0.05, 0) is 26.2 Å². The second kappa shape index (κ2) is 8.38. The molecule has 0 aromatic rings. The SMILES string of the molecule is CCOP(=O)(OCC)C(CC(C)C)N1CCOCC1. The van der Waals surface area contributed by atoms with E-state index in [9.17, 15) is 4.57 Å². The van der Waals surface area contributed by atoms with Gasteiger partial charge in [0.25, 0.3) is 0 Å². The van der Waals surface area contributed by atoms with Crippen LogP contribution < -0.4 is 0 Å². The minimum Gasteiger partial charge on any atom is -0.379 e. The zero-order valence-electron chi connectivity index (χ0n) is 12.6. The number of rotatable bonds is 8. The van der Waals surface area contributed by atoms with Crippen molar-refractivity contribution in [1.29, 1.82) is 0 Å². The van der Waals surface area contributed by atoms with Crippen molar-refractivity contribution < 1.29 is 18.3 Å². The Morgan fingerprint density at radius 1 is 1.16 bits per heavy atom. The molecule has 1 atom stereocenters. The van der Waals surface area contributed by atoms with Gasteiger partial charge in [0, 0.05) is 13.1 Å². The highest BCUT2D eigenvalue weighted by Gasteiger charge is 2.40. The first kappa shape index (κ1) is 17.1. The van der Waals surface area contributed by atoms with E-state index in [0.29, 0.717) is 32.3 Å². The molecule has 0 bridgehead atoms. The molecule has 5 nitrogen and oxygen atoms in total. The average molecular weight is 293 g/mol. The van der Waals surface area contributed by atoms with Gasteiger partial charge in [-0.2, -0.15) is 0 Å². The summed E-state index contributed by atoms with van der Waals surface area (Å²) in [6, 6.07) is 0. The fourth-order valence-corrected chi connectivity index (χ4v) is 4.79. The molecule has 0 spiro atoms. The third kappa shape index (κ3) is 5.16. The molecule has 6 heteroatoms. The Labute approximate surface area is 117 Å². The molecule has 0 aliphatic carbocycles. The summed E-state index contributed by atoms with van der Waals surface area (Å²) in [5.41, 5.74) is 0. The number of hydrogen-bond donors (Lipinski definition) is 0. The van der Waals surface area contributed by atoms with Crippen molar-refractivity contribution in [3.63, 3.8) is 0 Å². The predicted molar refractivity (Wildman–Crippen MR) is 76.5 cm³/mol. The van der Waals surface area contributed by atoms with Crippen LogP contribution in [-0.2, 0) is 18.3 Å². The molecule has 1 aliphatic heterocycles. The van der Waals surface area contributed by atoms with E-state index in [1.165, 1.54) is 0 Å². The summed E-state index contributed by atoms with van der Waals surface area (Å²) in [6.07, 6.45) is 0.817. The summed E-state index contributed by atoms with van der Waals surface area (Å²) in [6.45, 7) is 11.8. The van der Waals surface area contributed by atoms with Crippen molar-refractivity contribution in [1.82, 2.24) is 4.90 Å². The Balaban J connectivity index is 2.87. The standard InChI is InChI=1S/C13H28NO4P/c1-5-17-19(15,18-6-2)13(11-12(3)4)14-7-9-16-10-8-14/h12-13H,5-11H2,1-4H3. The lowest BCUT2D eigenvalue weighted by atomic mass is 10.1. The molecular formula is C13H28NO4P. The number of ether oxygens (including phenoxy) is 1. The lowest BCUT2D eigenvalue weighted by Crippen LogP contribution is -2.44. The van der Waals surface area contributed by atoms with Gasteiger partial charge in [-0.25, -0.2) is 0 Å². The molecule has 0 aromatic carbocycles. The Morgan fingerprint density at radius 2 is 1.68 bits per heavy atom. The second-order valence-corrected chi connectivity index (χ2v) is 7.33. The van der Waals surface area contributed by atoms with E-state index >= 15 is 0 Å². The maximum atomic E-state index is 13.0. The van der Waals surface area contributed by atoms with Gasteiger partial charge < -0.3 is 13.8 Å². The van der Waals surface area contributed by atoms with E-state index in [0.717, 1.165) is 19.5 Å². The largest absolute Gasteiger partial charge is 0.379 e. The molecule has 1 unspecified atom stereocenters. The first-order valence-corrected chi connectivity index (χ1v) is 8.85. The average Bonchev–Trinajstić information content (AvgIpc) is 2.37. The maximum Gasteiger partial charge on any atom is 0.347 e. The molecule has 0 saturated carbocycles. The topological polar surface area (TPSA) is 48.0 Å². The molecule has 1 saturated heterocycles. The van der Waals surface area contributed by atoms with Crippen LogP contribution in [0.25, 0.3) is 0 Å². The van der Waals surface area contributed by atoms with Crippen LogP contribution >= 0.6 is 7.60 Å². The predicted octanol–water partition coefficient (Wildman–Crippen LogP) is 2.96. The molecule has 1 aliphatic rings. The molecule has 0 radical (unpaired) electrons. The molecule has 0 aromatic heterocycles. The lowest BCUT2D eigenvalue weighted by molar-refractivity contribution is 0.0205. The van der Waals surface area contributed by atoms with Gasteiger partial charge >= 0.3 is 7.60 Å². The van der Waals surface area contributed by atoms with Crippen LogP contribution in [0.4, 0.5) is 0 Å². The van der Waals surface area contributed by atoms with Crippen LogP contribution in [0.1, 0.15) is 34.1 Å². The molecule has 19 heavy (non-hydrogen) atoms. The monoisotopic (exact) mass is 293 g/mol. The van der Waals surface area contributed by atoms with Crippen molar-refractivity contribution >= 4 is 7.60 Å². The molecule has 0 N–H and O–H groups in total. The van der Waals surface area contributed by atoms with Crippen LogP contribution in [0.2, 0.25) is 0 Å². The molecule has 1 rings (SSSR count). The van der Waals surface area contributed by atoms with Crippen LogP contribution in [0.15, 0.2) is 0 Å². The fraction of sp³-hybridized carbons (Fsp3) is 1.00. The van der Waals surface area contributed by atoms with Crippen LogP contribution in [0.5, 0.6) is 0 Å². The second-order valence-electron chi connectivity index (χ2n) is 5.13. The van der Waals surface area contributed by atoms with E-state index in [2.05, 4.69) is 18.7 Å². The Bertz CT molecular complexity index is 282. The van der Waals surface area contributed by atoms with Crippen LogP contribution in [0, 0.1) is 5.92 Å². The summed E-state index contributed by atoms with van der Waals surface area (Å²) in [4.78, 5) is 2.20. The normalized spacial score (nSPS) is 19.8. The van der Waals surface area contributed by atoms with Gasteiger partial charge in [-0.15, -0.1) is 0 Å². The van der Waals surface area contributed by atoms with Crippen molar-refractivity contribution in [2.24, 2.45) is 5.92 Å². The highest BCUT2D eigenvalue weighted by Crippen LogP contribution is 2.56. The van der Waals surface area contributed by atoms with Crippen molar-refractivity contribution in [3.8, 4) is 0 Å². The van der Waals surface area contributed by atoms with Gasteiger partial charge in [-0.3, -0.25) is 9.46 Å². The van der Waals surface area contributed by atoms with Crippen molar-refractivity contribution in [2.75, 3.05) is 39.5 Å². The smallest absolute Gasteiger partial charge is 0.347 e. The quantitative estimate of drug-likeness (QED) is 0.644. The minimum absolute atomic E-state index is 0.156. The fourth-order valence-electron chi connectivity index (χ4n) is 2.34. The molecule has 0 amide bonds. The van der Waals surface area contributed by atoms with Gasteiger partial charge in [0.2, 0.25) is 0 Å². The van der Waals surface area contributed by atoms with E-state index < -0.39 is 7.60 Å². The molecular weight excluding hydrogens is 265 g/mol. The summed E-state index contributed by atoms with van der Waals surface area (Å²) < 4.78 is 29.5. The summed E-state index contributed by atoms with van der Waals surface area (Å²) >= 11 is 0. The van der Waals surface area contributed by atoms with Crippen molar-refractivity contribution in [2.45, 2.75) is 39.9 Å². The van der Waals surface area contributed by atoms with E-state index in [1.807, 2.05) is 13.8 Å². The van der Waals surface area contributed by atoms with Gasteiger partial charge in [0.05, 0.1) is 26.4 Å². The van der Waals surface area contributed by atoms with Gasteiger partial charge in [0.15, 0.2) is 0 Å². The summed E-state index contributed by atoms with van der Waals surface area (Å²) in [7, 11) is -3.08. The highest BCUT2D eigenvalue weighted by atomic mass is 31.2. The zero-order chi connectivity index (χ0) is 14.3. The molecule has 1 fully saturated rings. The maximum absolute atomic E-state index is 13.0. The third-order valence-electron chi connectivity index (χ3n) is 3.13. The summed E-state index contributed by atoms with van der Waals surface area (Å²) in [5.74, 6) is 0.290. The number of morpholine rings is 1. The Morgan fingerprint density at radius 3 is 2.11 bits per heavy atom. The van der Waals surface area contributed by atoms with Gasteiger partial charge in [0.1, 0.15) is 5.78 Å². The van der Waals surface area contributed by atoms with Gasteiger partial charge in [-0.1, -0.05) is 13.8 Å². The summed E-state index contributed by atoms with van der Waals surface area (Å²) in [5, 5.41) is 0. The minimum atomic E-state index is -3.08. The molecule has 114 valence electrons. The van der Waals surface area contributed by atoms with Crippen LogP contribution in [-0.4, -0.2) is 50.2 Å². The number of nitrogens with zero attached hydrogens (tertiary/aromatic N) is 1. The molecule has 1 heterocycles. The Kier molecular flexibility index (Phi) is 7.55. The lowest BCUT2D eigenvalue weighted by Gasteiger charge is -2.38. The third-order valence-corrected chi connectivity index (χ3v) is 5.64. The van der Waals surface area contributed by atoms with Crippen molar-refractivity contribution in [3.05, 3.63) is 0 Å². The first-order chi connectivity index (χ1) is 9.03. The van der Waals surface area contributed by atoms with E-state index in [4.69, 9.17) is 13.8 Å². The first-order valence-electron chi connectivity index (χ1n) is 7.24. The van der Waals surface area contributed by atoms with Crippen LogP contribution in [0.3, 0.4) is 0 Å². The van der Waals surface area contributed by atoms with E-state index in [-0.39, 0.29) is 5.78 Å². The van der Waals surface area contributed by atoms with E-state index in [1.54, 1.807) is 0 Å². The zero-order valence-corrected chi connectivity index (χ0v) is 13.5. The highest BCUT2D eigenvalue weighted by molar-refractivity contribution is 7.54. The Hall–Kier alpha value is 0.0700. The number of hydrogen-bond acceptors (Lipinski definition) is 5.